The molecule has 2 atom stereocenters. The molecule has 2 rings (SSSR count). The third-order valence-electron chi connectivity index (χ3n) is 2.82. The van der Waals surface area contributed by atoms with Gasteiger partial charge < -0.3 is 5.11 Å². The summed E-state index contributed by atoms with van der Waals surface area (Å²) < 4.78 is 2.69. The minimum atomic E-state index is -0.808. The van der Waals surface area contributed by atoms with E-state index in [0.717, 1.165) is 16.6 Å². The van der Waals surface area contributed by atoms with Crippen molar-refractivity contribution in [2.45, 2.75) is 31.3 Å². The first-order valence-electron chi connectivity index (χ1n) is 4.97. The van der Waals surface area contributed by atoms with Gasteiger partial charge in [-0.3, -0.25) is 9.48 Å². The summed E-state index contributed by atoms with van der Waals surface area (Å²) in [5.41, 5.74) is 0.948. The zero-order chi connectivity index (χ0) is 11.0. The molecule has 1 heterocycles. The van der Waals surface area contributed by atoms with Crippen LogP contribution in [0.5, 0.6) is 0 Å². The molecule has 1 aromatic rings. The second-order valence-corrected chi connectivity index (χ2v) is 4.84. The van der Waals surface area contributed by atoms with Crippen LogP contribution in [0.4, 0.5) is 0 Å². The average molecular weight is 273 g/mol. The van der Waals surface area contributed by atoms with Crippen molar-refractivity contribution in [2.24, 2.45) is 7.05 Å². The molecule has 5 heteroatoms. The molecule has 1 fully saturated rings. The van der Waals surface area contributed by atoms with Gasteiger partial charge in [0.15, 0.2) is 5.78 Å². The van der Waals surface area contributed by atoms with Crippen molar-refractivity contribution in [3.8, 4) is 0 Å². The topological polar surface area (TPSA) is 55.1 Å². The monoisotopic (exact) mass is 272 g/mol. The number of carbonyl (C=O) groups is 1. The van der Waals surface area contributed by atoms with Crippen LogP contribution in [-0.2, 0) is 11.8 Å². The molecule has 0 bridgehead atoms. The number of aryl methyl sites for hydroxylation is 1. The Morgan fingerprint density at radius 3 is 2.93 bits per heavy atom. The normalized spacial score (nSPS) is 27.0. The number of halogens is 1. The number of aliphatic hydroxyl groups is 1. The first kappa shape index (κ1) is 10.8. The second kappa shape index (κ2) is 4.06. The molecule has 0 saturated heterocycles. The molecule has 0 aliphatic heterocycles. The molecule has 1 saturated carbocycles. The number of ketones is 1. The van der Waals surface area contributed by atoms with Crippen LogP contribution in [-0.4, -0.2) is 26.8 Å². The Hall–Kier alpha value is -0.680. The third-order valence-corrected chi connectivity index (χ3v) is 3.43. The zero-order valence-electron chi connectivity index (χ0n) is 8.48. The smallest absolute Gasteiger partial charge is 0.161 e. The quantitative estimate of drug-likeness (QED) is 0.841. The molecule has 0 aromatic carbocycles. The Kier molecular flexibility index (Phi) is 2.93. The minimum Gasteiger partial charge on any atom is -0.385 e. The van der Waals surface area contributed by atoms with Gasteiger partial charge in [0, 0.05) is 25.6 Å². The molecule has 1 aromatic heterocycles. The summed E-state index contributed by atoms with van der Waals surface area (Å²) in [7, 11) is 1.86. The van der Waals surface area contributed by atoms with Gasteiger partial charge in [0.05, 0.1) is 10.2 Å². The van der Waals surface area contributed by atoms with Gasteiger partial charge in [-0.2, -0.15) is 5.10 Å². The minimum absolute atomic E-state index is 0.0432. The van der Waals surface area contributed by atoms with Crippen molar-refractivity contribution >= 4 is 21.7 Å². The zero-order valence-corrected chi connectivity index (χ0v) is 10.1. The van der Waals surface area contributed by atoms with Crippen molar-refractivity contribution in [3.63, 3.8) is 0 Å². The summed E-state index contributed by atoms with van der Waals surface area (Å²) in [4.78, 5) is 11.2. The Balaban J connectivity index is 2.18. The molecule has 15 heavy (non-hydrogen) atoms. The molecular weight excluding hydrogens is 260 g/mol. The highest BCUT2D eigenvalue weighted by Crippen LogP contribution is 2.34. The van der Waals surface area contributed by atoms with Crippen LogP contribution >= 0.6 is 15.9 Å². The molecule has 4 nitrogen and oxygen atoms in total. The maximum Gasteiger partial charge on any atom is 0.161 e. The van der Waals surface area contributed by atoms with E-state index in [9.17, 15) is 9.90 Å². The van der Waals surface area contributed by atoms with Crippen molar-refractivity contribution in [1.82, 2.24) is 9.78 Å². The predicted molar refractivity (Wildman–Crippen MR) is 58.5 cm³/mol. The largest absolute Gasteiger partial charge is 0.385 e. The van der Waals surface area contributed by atoms with Gasteiger partial charge in [-0.1, -0.05) is 0 Å². The number of carbonyl (C=O) groups excluding carboxylic acids is 1. The molecule has 0 radical (unpaired) electrons. The third kappa shape index (κ3) is 2.13. The van der Waals surface area contributed by atoms with Crippen molar-refractivity contribution in [1.29, 1.82) is 0 Å². The van der Waals surface area contributed by atoms with Crippen LogP contribution in [0, 0.1) is 0 Å². The Bertz CT molecular complexity index is 389. The molecule has 82 valence electrons. The Morgan fingerprint density at radius 1 is 1.67 bits per heavy atom. The van der Waals surface area contributed by atoms with Crippen LogP contribution in [0.2, 0.25) is 0 Å². The maximum atomic E-state index is 11.2. The first-order chi connectivity index (χ1) is 7.08. The highest BCUT2D eigenvalue weighted by molar-refractivity contribution is 9.10. The number of rotatable bonds is 1. The fourth-order valence-electron chi connectivity index (χ4n) is 2.00. The molecule has 2 unspecified atom stereocenters. The summed E-state index contributed by atoms with van der Waals surface area (Å²) in [5.74, 6) is 0.145. The van der Waals surface area contributed by atoms with Gasteiger partial charge in [-0.05, 0) is 28.8 Å². The fourth-order valence-corrected chi connectivity index (χ4v) is 2.70. The highest BCUT2D eigenvalue weighted by Gasteiger charge is 2.30. The molecule has 0 spiro atoms. The molecule has 0 amide bonds. The van der Waals surface area contributed by atoms with E-state index in [4.69, 9.17) is 0 Å². The molecule has 1 aliphatic rings. The van der Waals surface area contributed by atoms with Crippen LogP contribution in [0.15, 0.2) is 10.7 Å². The lowest BCUT2D eigenvalue weighted by Crippen LogP contribution is -2.28. The number of aromatic nitrogens is 2. The van der Waals surface area contributed by atoms with E-state index in [1.54, 1.807) is 4.68 Å². The standard InChI is InChI=1S/C10H13BrN2O2/c1-13-5-7(11)10(12-13)6-2-3-8(14)9(15)4-6/h5-6,9,15H,2-4H2,1H3. The maximum absolute atomic E-state index is 11.2. The van der Waals surface area contributed by atoms with E-state index in [1.165, 1.54) is 0 Å². The average Bonchev–Trinajstić information content (AvgIpc) is 2.50. The summed E-state index contributed by atoms with van der Waals surface area (Å²) in [6.07, 6.45) is 2.81. The summed E-state index contributed by atoms with van der Waals surface area (Å²) in [6, 6.07) is 0. The van der Waals surface area contributed by atoms with Gasteiger partial charge in [0.25, 0.3) is 0 Å². The van der Waals surface area contributed by atoms with Gasteiger partial charge >= 0.3 is 0 Å². The lowest BCUT2D eigenvalue weighted by molar-refractivity contribution is -0.129. The van der Waals surface area contributed by atoms with Gasteiger partial charge in [0.2, 0.25) is 0 Å². The van der Waals surface area contributed by atoms with Crippen LogP contribution in [0.1, 0.15) is 30.9 Å². The Labute approximate surface area is 96.4 Å². The van der Waals surface area contributed by atoms with E-state index in [2.05, 4.69) is 21.0 Å². The lowest BCUT2D eigenvalue weighted by Gasteiger charge is -2.23. The van der Waals surface area contributed by atoms with E-state index in [0.29, 0.717) is 12.8 Å². The van der Waals surface area contributed by atoms with Crippen LogP contribution < -0.4 is 0 Å². The van der Waals surface area contributed by atoms with Gasteiger partial charge in [-0.15, -0.1) is 0 Å². The number of hydrogen-bond donors (Lipinski definition) is 1. The van der Waals surface area contributed by atoms with Crippen molar-refractivity contribution < 1.29 is 9.90 Å². The number of aliphatic hydroxyl groups excluding tert-OH is 1. The lowest BCUT2D eigenvalue weighted by atomic mass is 9.84. The number of nitrogens with zero attached hydrogens (tertiary/aromatic N) is 2. The number of Topliss-reactive ketones (excluding diaryl/α,β-unsaturated/α-hetero) is 1. The highest BCUT2D eigenvalue weighted by atomic mass is 79.9. The molecule has 1 N–H and O–H groups in total. The number of hydrogen-bond acceptors (Lipinski definition) is 3. The van der Waals surface area contributed by atoms with E-state index < -0.39 is 6.10 Å². The predicted octanol–water partition coefficient (Wildman–Crippen LogP) is 1.38. The summed E-state index contributed by atoms with van der Waals surface area (Å²) in [6.45, 7) is 0. The van der Waals surface area contributed by atoms with Crippen LogP contribution in [0.25, 0.3) is 0 Å². The first-order valence-corrected chi connectivity index (χ1v) is 5.77. The SMILES string of the molecule is Cn1cc(Br)c(C2CCC(=O)C(O)C2)n1. The van der Waals surface area contributed by atoms with E-state index in [1.807, 2.05) is 13.2 Å². The van der Waals surface area contributed by atoms with Gasteiger partial charge in [-0.25, -0.2) is 0 Å². The van der Waals surface area contributed by atoms with Crippen molar-refractivity contribution in [2.75, 3.05) is 0 Å². The van der Waals surface area contributed by atoms with Crippen LogP contribution in [0.3, 0.4) is 0 Å². The second-order valence-electron chi connectivity index (χ2n) is 3.99. The molecule has 1 aliphatic carbocycles. The van der Waals surface area contributed by atoms with E-state index in [-0.39, 0.29) is 11.7 Å². The molecular formula is C10H13BrN2O2. The van der Waals surface area contributed by atoms with Crippen molar-refractivity contribution in [3.05, 3.63) is 16.4 Å². The summed E-state index contributed by atoms with van der Waals surface area (Å²) >= 11 is 3.44. The van der Waals surface area contributed by atoms with E-state index >= 15 is 0 Å². The fraction of sp³-hybridized carbons (Fsp3) is 0.600. The Morgan fingerprint density at radius 2 is 2.40 bits per heavy atom. The van der Waals surface area contributed by atoms with Gasteiger partial charge in [0.1, 0.15) is 6.10 Å². The summed E-state index contributed by atoms with van der Waals surface area (Å²) in [5, 5.41) is 13.8.